The molecule has 0 aliphatic carbocycles. The van der Waals surface area contributed by atoms with E-state index >= 15 is 0 Å². The largest absolute Gasteiger partial charge is 0.353 e. The summed E-state index contributed by atoms with van der Waals surface area (Å²) in [4.78, 5) is 14.6. The van der Waals surface area contributed by atoms with Crippen molar-refractivity contribution in [3.8, 4) is 6.01 Å². The number of benzene rings is 1. The van der Waals surface area contributed by atoms with Gasteiger partial charge in [0.2, 0.25) is 0 Å². The molecule has 0 N–H and O–H groups in total. The molecule has 0 spiro atoms. The highest BCUT2D eigenvalue weighted by atomic mass is 35.5. The fraction of sp³-hybridized carbons (Fsp3) is 0.353. The Balaban J connectivity index is 2.06. The van der Waals surface area contributed by atoms with Crippen molar-refractivity contribution in [2.24, 2.45) is 11.1 Å². The Bertz CT molecular complexity index is 691. The third kappa shape index (κ3) is 5.45. The summed E-state index contributed by atoms with van der Waals surface area (Å²) in [5.74, 6) is 0.103. The maximum absolute atomic E-state index is 14.0. The first-order valence-corrected chi connectivity index (χ1v) is 8.00. The van der Waals surface area contributed by atoms with Crippen LogP contribution in [0.15, 0.2) is 35.6 Å². The molecule has 24 heavy (non-hydrogen) atoms. The molecular weight excluding hydrogens is 331 g/mol. The molecule has 0 radical (unpaired) electrons. The average Bonchev–Trinajstić information content (AvgIpc) is 2.55. The SMILES string of the molecule is CC(C)C/C=N/Oc1ncc(F)c(N(C)Cc2ccc(Cl)cc2)n1. The first-order valence-electron chi connectivity index (χ1n) is 7.62. The maximum atomic E-state index is 14.0. The quantitative estimate of drug-likeness (QED) is 0.551. The van der Waals surface area contributed by atoms with Gasteiger partial charge in [-0.05, 0) is 30.0 Å². The normalized spacial score (nSPS) is 11.2. The Morgan fingerprint density at radius 2 is 2.04 bits per heavy atom. The van der Waals surface area contributed by atoms with E-state index in [0.717, 1.165) is 18.2 Å². The van der Waals surface area contributed by atoms with E-state index in [1.807, 2.05) is 12.1 Å². The third-order valence-electron chi connectivity index (χ3n) is 3.18. The van der Waals surface area contributed by atoms with Crippen LogP contribution in [-0.4, -0.2) is 23.2 Å². The topological polar surface area (TPSA) is 50.6 Å². The molecule has 2 rings (SSSR count). The number of hydrogen-bond acceptors (Lipinski definition) is 5. The van der Waals surface area contributed by atoms with Crippen molar-refractivity contribution in [1.29, 1.82) is 0 Å². The van der Waals surface area contributed by atoms with Gasteiger partial charge in [0.05, 0.1) is 6.20 Å². The van der Waals surface area contributed by atoms with Crippen LogP contribution in [0.25, 0.3) is 0 Å². The van der Waals surface area contributed by atoms with Gasteiger partial charge in [-0.1, -0.05) is 42.7 Å². The highest BCUT2D eigenvalue weighted by Gasteiger charge is 2.13. The van der Waals surface area contributed by atoms with Crippen molar-refractivity contribution >= 4 is 23.6 Å². The molecule has 0 amide bonds. The second-order valence-corrected chi connectivity index (χ2v) is 6.25. The molecular formula is C17H20ClFN4O. The molecule has 0 saturated carbocycles. The van der Waals surface area contributed by atoms with E-state index in [1.165, 1.54) is 0 Å². The van der Waals surface area contributed by atoms with E-state index in [1.54, 1.807) is 30.3 Å². The van der Waals surface area contributed by atoms with Gasteiger partial charge in [-0.2, -0.15) is 9.97 Å². The number of hydrogen-bond donors (Lipinski definition) is 0. The van der Waals surface area contributed by atoms with Crippen molar-refractivity contribution in [3.63, 3.8) is 0 Å². The van der Waals surface area contributed by atoms with Crippen LogP contribution in [0.4, 0.5) is 10.2 Å². The summed E-state index contributed by atoms with van der Waals surface area (Å²) in [7, 11) is 1.74. The highest BCUT2D eigenvalue weighted by Crippen LogP contribution is 2.20. The lowest BCUT2D eigenvalue weighted by atomic mass is 10.2. The van der Waals surface area contributed by atoms with Crippen LogP contribution in [0, 0.1) is 11.7 Å². The minimum atomic E-state index is -0.523. The summed E-state index contributed by atoms with van der Waals surface area (Å²) < 4.78 is 14.0. The van der Waals surface area contributed by atoms with Crippen LogP contribution in [-0.2, 0) is 6.54 Å². The molecule has 128 valence electrons. The predicted molar refractivity (Wildman–Crippen MR) is 94.1 cm³/mol. The van der Waals surface area contributed by atoms with Crippen LogP contribution in [0.3, 0.4) is 0 Å². The molecule has 1 aromatic heterocycles. The molecule has 0 atom stereocenters. The van der Waals surface area contributed by atoms with E-state index in [2.05, 4.69) is 29.0 Å². The van der Waals surface area contributed by atoms with Crippen molar-refractivity contribution in [3.05, 3.63) is 46.9 Å². The van der Waals surface area contributed by atoms with Crippen LogP contribution in [0.5, 0.6) is 6.01 Å². The summed E-state index contributed by atoms with van der Waals surface area (Å²) >= 11 is 5.87. The minimum absolute atomic E-state index is 0.00867. The van der Waals surface area contributed by atoms with Crippen molar-refractivity contribution in [2.45, 2.75) is 26.8 Å². The zero-order valence-corrected chi connectivity index (χ0v) is 14.7. The van der Waals surface area contributed by atoms with Gasteiger partial charge < -0.3 is 9.74 Å². The third-order valence-corrected chi connectivity index (χ3v) is 3.44. The first-order chi connectivity index (χ1) is 11.5. The lowest BCUT2D eigenvalue weighted by Crippen LogP contribution is -2.19. The van der Waals surface area contributed by atoms with E-state index in [9.17, 15) is 4.39 Å². The Kier molecular flexibility index (Phi) is 6.49. The molecule has 0 fully saturated rings. The summed E-state index contributed by atoms with van der Waals surface area (Å²) in [6, 6.07) is 7.35. The molecule has 0 aliphatic heterocycles. The van der Waals surface area contributed by atoms with E-state index < -0.39 is 5.82 Å². The van der Waals surface area contributed by atoms with Crippen molar-refractivity contribution in [1.82, 2.24) is 9.97 Å². The molecule has 0 unspecified atom stereocenters. The summed E-state index contributed by atoms with van der Waals surface area (Å²) in [5, 5.41) is 4.46. The van der Waals surface area contributed by atoms with Crippen molar-refractivity contribution < 1.29 is 9.23 Å². The van der Waals surface area contributed by atoms with Crippen LogP contribution in [0.1, 0.15) is 25.8 Å². The van der Waals surface area contributed by atoms with Gasteiger partial charge in [-0.15, -0.1) is 0 Å². The number of anilines is 1. The van der Waals surface area contributed by atoms with E-state index in [0.29, 0.717) is 17.5 Å². The predicted octanol–water partition coefficient (Wildman–Crippen LogP) is 4.32. The smallest absolute Gasteiger partial charge is 0.347 e. The summed E-state index contributed by atoms with van der Waals surface area (Å²) in [6.45, 7) is 4.62. The zero-order chi connectivity index (χ0) is 17.5. The fourth-order valence-electron chi connectivity index (χ4n) is 1.93. The van der Waals surface area contributed by atoms with Crippen LogP contribution in [0.2, 0.25) is 5.02 Å². The lowest BCUT2D eigenvalue weighted by Gasteiger charge is -2.18. The molecule has 5 nitrogen and oxygen atoms in total. The minimum Gasteiger partial charge on any atom is -0.353 e. The Hall–Kier alpha value is -2.21. The van der Waals surface area contributed by atoms with Gasteiger partial charge in [0.15, 0.2) is 11.6 Å². The second-order valence-electron chi connectivity index (χ2n) is 5.82. The van der Waals surface area contributed by atoms with Gasteiger partial charge in [0.25, 0.3) is 0 Å². The summed E-state index contributed by atoms with van der Waals surface area (Å²) in [5.41, 5.74) is 0.984. The molecule has 1 heterocycles. The van der Waals surface area contributed by atoms with E-state index in [4.69, 9.17) is 16.4 Å². The lowest BCUT2D eigenvalue weighted by molar-refractivity contribution is 0.311. The zero-order valence-electron chi connectivity index (χ0n) is 13.9. The Morgan fingerprint density at radius 1 is 1.33 bits per heavy atom. The molecule has 2 aromatic rings. The standard InChI is InChI=1S/C17H20ClFN4O/c1-12(2)8-9-21-24-17-20-10-15(19)16(22-17)23(3)11-13-4-6-14(18)7-5-13/h4-7,9-10,12H,8,11H2,1-3H3/b21-9+. The number of rotatable bonds is 7. The number of nitrogens with zero attached hydrogens (tertiary/aromatic N) is 4. The molecule has 0 bridgehead atoms. The van der Waals surface area contributed by atoms with Gasteiger partial charge in [0.1, 0.15) is 0 Å². The van der Waals surface area contributed by atoms with Gasteiger partial charge >= 0.3 is 6.01 Å². The van der Waals surface area contributed by atoms with Gasteiger partial charge in [-0.3, -0.25) is 0 Å². The monoisotopic (exact) mass is 350 g/mol. The highest BCUT2D eigenvalue weighted by molar-refractivity contribution is 6.30. The number of oxime groups is 1. The van der Waals surface area contributed by atoms with Crippen LogP contribution >= 0.6 is 11.6 Å². The fourth-order valence-corrected chi connectivity index (χ4v) is 2.06. The molecule has 0 aliphatic rings. The van der Waals surface area contributed by atoms with E-state index in [-0.39, 0.29) is 11.8 Å². The first kappa shape index (κ1) is 18.1. The Morgan fingerprint density at radius 3 is 2.71 bits per heavy atom. The van der Waals surface area contributed by atoms with Gasteiger partial charge in [0, 0.05) is 24.8 Å². The molecule has 1 aromatic carbocycles. The Labute approximate surface area is 146 Å². The number of aromatic nitrogens is 2. The molecule has 0 saturated heterocycles. The molecule has 7 heteroatoms. The van der Waals surface area contributed by atoms with Gasteiger partial charge in [-0.25, -0.2) is 4.39 Å². The summed E-state index contributed by atoms with van der Waals surface area (Å²) in [6.07, 6.45) is 3.51. The average molecular weight is 351 g/mol. The second kappa shape index (κ2) is 8.59. The van der Waals surface area contributed by atoms with Crippen molar-refractivity contribution in [2.75, 3.05) is 11.9 Å². The maximum Gasteiger partial charge on any atom is 0.347 e. The number of halogens is 2. The van der Waals surface area contributed by atoms with Crippen LogP contribution < -0.4 is 9.74 Å².